The molecule has 1 fully saturated rings. The first-order valence-electron chi connectivity index (χ1n) is 6.87. The first-order chi connectivity index (χ1) is 9.78. The van der Waals surface area contributed by atoms with Gasteiger partial charge in [-0.2, -0.15) is 23.5 Å². The second kappa shape index (κ2) is 6.79. The Kier molecular flexibility index (Phi) is 5.04. The predicted molar refractivity (Wildman–Crippen MR) is 89.0 cm³/mol. The van der Waals surface area contributed by atoms with Crippen LogP contribution in [0.15, 0.2) is 12.1 Å². The SMILES string of the molecule is NNC(Cc1cc(Cl)cc2c1OCC2)C1CSCCS1. The van der Waals surface area contributed by atoms with E-state index in [1.54, 1.807) is 0 Å². The fraction of sp³-hybridized carbons (Fsp3) is 0.571. The van der Waals surface area contributed by atoms with Crippen molar-refractivity contribution in [3.05, 3.63) is 28.3 Å². The zero-order valence-corrected chi connectivity index (χ0v) is 13.6. The lowest BCUT2D eigenvalue weighted by molar-refractivity contribution is 0.351. The Bertz CT molecular complexity index is 480. The number of thioether (sulfide) groups is 2. The normalized spacial score (nSPS) is 23.2. The molecule has 3 rings (SSSR count). The lowest BCUT2D eigenvalue weighted by Gasteiger charge is -2.29. The molecule has 1 aromatic carbocycles. The Morgan fingerprint density at radius 1 is 1.45 bits per heavy atom. The summed E-state index contributed by atoms with van der Waals surface area (Å²) >= 11 is 10.3. The summed E-state index contributed by atoms with van der Waals surface area (Å²) in [5.41, 5.74) is 5.41. The highest BCUT2D eigenvalue weighted by atomic mass is 35.5. The van der Waals surface area contributed by atoms with Crippen LogP contribution in [0.5, 0.6) is 5.75 Å². The van der Waals surface area contributed by atoms with E-state index in [2.05, 4.69) is 5.43 Å². The zero-order chi connectivity index (χ0) is 13.9. The van der Waals surface area contributed by atoms with E-state index < -0.39 is 0 Å². The van der Waals surface area contributed by atoms with Gasteiger partial charge in [-0.1, -0.05) is 11.6 Å². The maximum Gasteiger partial charge on any atom is 0.125 e. The average Bonchev–Trinajstić information content (AvgIpc) is 2.93. The molecule has 3 nitrogen and oxygen atoms in total. The third kappa shape index (κ3) is 3.22. The van der Waals surface area contributed by atoms with Crippen LogP contribution in [0.4, 0.5) is 0 Å². The quantitative estimate of drug-likeness (QED) is 0.656. The van der Waals surface area contributed by atoms with Crippen LogP contribution in [0.25, 0.3) is 0 Å². The molecule has 0 amide bonds. The summed E-state index contributed by atoms with van der Waals surface area (Å²) in [5.74, 6) is 10.4. The van der Waals surface area contributed by atoms with Gasteiger partial charge in [0, 0.05) is 40.0 Å². The number of nitrogens with one attached hydrogen (secondary N) is 1. The van der Waals surface area contributed by atoms with Crippen LogP contribution >= 0.6 is 35.1 Å². The summed E-state index contributed by atoms with van der Waals surface area (Å²) in [4.78, 5) is 0. The monoisotopic (exact) mass is 330 g/mol. The van der Waals surface area contributed by atoms with Crippen LogP contribution in [0, 0.1) is 0 Å². The number of ether oxygens (including phenoxy) is 1. The van der Waals surface area contributed by atoms with Crippen LogP contribution in [0.3, 0.4) is 0 Å². The van der Waals surface area contributed by atoms with Gasteiger partial charge in [0.15, 0.2) is 0 Å². The van der Waals surface area contributed by atoms with Gasteiger partial charge in [-0.05, 0) is 29.7 Å². The van der Waals surface area contributed by atoms with Crippen molar-refractivity contribution in [3.63, 3.8) is 0 Å². The number of nitrogens with two attached hydrogens (primary N) is 1. The topological polar surface area (TPSA) is 47.3 Å². The smallest absolute Gasteiger partial charge is 0.125 e. The Morgan fingerprint density at radius 3 is 3.10 bits per heavy atom. The van der Waals surface area contributed by atoms with Crippen molar-refractivity contribution in [2.45, 2.75) is 24.1 Å². The molecule has 2 aliphatic rings. The van der Waals surface area contributed by atoms with Crippen molar-refractivity contribution in [3.8, 4) is 5.75 Å². The molecule has 2 unspecified atom stereocenters. The lowest BCUT2D eigenvalue weighted by atomic mass is 10.0. The van der Waals surface area contributed by atoms with Crippen molar-refractivity contribution in [1.29, 1.82) is 0 Å². The molecule has 2 heterocycles. The van der Waals surface area contributed by atoms with E-state index in [-0.39, 0.29) is 6.04 Å². The number of halogens is 1. The molecular formula is C14H19ClN2OS2. The molecule has 2 aliphatic heterocycles. The van der Waals surface area contributed by atoms with Crippen LogP contribution in [0.2, 0.25) is 5.02 Å². The van der Waals surface area contributed by atoms with Crippen LogP contribution < -0.4 is 16.0 Å². The molecule has 0 saturated carbocycles. The molecular weight excluding hydrogens is 312 g/mol. The van der Waals surface area contributed by atoms with Gasteiger partial charge in [-0.25, -0.2) is 0 Å². The van der Waals surface area contributed by atoms with E-state index in [4.69, 9.17) is 22.2 Å². The number of hydrogen-bond donors (Lipinski definition) is 2. The van der Waals surface area contributed by atoms with Gasteiger partial charge in [0.1, 0.15) is 5.75 Å². The van der Waals surface area contributed by atoms with E-state index in [1.165, 1.54) is 22.6 Å². The highest BCUT2D eigenvalue weighted by Gasteiger charge is 2.26. The minimum atomic E-state index is 0.263. The first kappa shape index (κ1) is 14.9. The van der Waals surface area contributed by atoms with Crippen LogP contribution in [0.1, 0.15) is 11.1 Å². The Balaban J connectivity index is 1.78. The van der Waals surface area contributed by atoms with E-state index in [1.807, 2.05) is 35.7 Å². The Morgan fingerprint density at radius 2 is 2.35 bits per heavy atom. The number of benzene rings is 1. The van der Waals surface area contributed by atoms with Gasteiger partial charge in [0.25, 0.3) is 0 Å². The zero-order valence-electron chi connectivity index (χ0n) is 11.2. The summed E-state index contributed by atoms with van der Waals surface area (Å²) in [6, 6.07) is 4.31. The number of fused-ring (bicyclic) bond motifs is 1. The predicted octanol–water partition coefficient (Wildman–Crippen LogP) is 2.50. The first-order valence-corrected chi connectivity index (χ1v) is 9.45. The molecule has 110 valence electrons. The Labute approximate surface area is 133 Å². The highest BCUT2D eigenvalue weighted by molar-refractivity contribution is 8.06. The van der Waals surface area contributed by atoms with Gasteiger partial charge in [-0.15, -0.1) is 0 Å². The summed E-state index contributed by atoms with van der Waals surface area (Å²) < 4.78 is 5.78. The van der Waals surface area contributed by atoms with Gasteiger partial charge in [0.05, 0.1) is 6.61 Å². The molecule has 1 saturated heterocycles. The van der Waals surface area contributed by atoms with Gasteiger partial charge >= 0.3 is 0 Å². The molecule has 2 atom stereocenters. The third-order valence-corrected chi connectivity index (χ3v) is 6.91. The second-order valence-electron chi connectivity index (χ2n) is 5.11. The van der Waals surface area contributed by atoms with Gasteiger partial charge in [0.2, 0.25) is 0 Å². The maximum atomic E-state index is 6.22. The summed E-state index contributed by atoms with van der Waals surface area (Å²) in [5, 5.41) is 1.35. The fourth-order valence-corrected chi connectivity index (χ4v) is 5.91. The molecule has 0 spiro atoms. The average molecular weight is 331 g/mol. The third-order valence-electron chi connectivity index (χ3n) is 3.77. The molecule has 0 bridgehead atoms. The van der Waals surface area contributed by atoms with E-state index in [0.717, 1.165) is 36.0 Å². The molecule has 3 N–H and O–H groups in total. The Hall–Kier alpha value is -0.0700. The maximum absolute atomic E-state index is 6.22. The minimum Gasteiger partial charge on any atom is -0.493 e. The molecule has 1 aromatic rings. The van der Waals surface area contributed by atoms with E-state index in [0.29, 0.717) is 5.25 Å². The molecule has 6 heteroatoms. The van der Waals surface area contributed by atoms with E-state index >= 15 is 0 Å². The number of hydrogen-bond acceptors (Lipinski definition) is 5. The summed E-state index contributed by atoms with van der Waals surface area (Å²) in [6.07, 6.45) is 1.83. The molecule has 20 heavy (non-hydrogen) atoms. The molecule has 0 radical (unpaired) electrons. The van der Waals surface area contributed by atoms with Gasteiger partial charge < -0.3 is 4.74 Å². The summed E-state index contributed by atoms with van der Waals surface area (Å²) in [6.45, 7) is 0.761. The van der Waals surface area contributed by atoms with Gasteiger partial charge in [-0.3, -0.25) is 11.3 Å². The van der Waals surface area contributed by atoms with E-state index in [9.17, 15) is 0 Å². The van der Waals surface area contributed by atoms with Crippen LogP contribution in [-0.4, -0.2) is 35.2 Å². The van der Waals surface area contributed by atoms with Crippen molar-refractivity contribution in [2.75, 3.05) is 23.9 Å². The number of rotatable bonds is 4. The minimum absolute atomic E-state index is 0.263. The second-order valence-corrected chi connectivity index (χ2v) is 8.05. The lowest BCUT2D eigenvalue weighted by Crippen LogP contribution is -2.46. The number of hydrazine groups is 1. The largest absolute Gasteiger partial charge is 0.493 e. The standard InChI is InChI=1S/C14H19ClN2OS2/c15-11-5-9-1-2-18-14(9)10(6-11)7-12(17-16)13-8-19-3-4-20-13/h5-6,12-13,17H,1-4,7-8,16H2. The van der Waals surface area contributed by atoms with Crippen LogP contribution in [-0.2, 0) is 12.8 Å². The molecule has 0 aliphatic carbocycles. The van der Waals surface area contributed by atoms with Crippen molar-refractivity contribution >= 4 is 35.1 Å². The van der Waals surface area contributed by atoms with Crippen molar-refractivity contribution in [2.24, 2.45) is 5.84 Å². The molecule has 0 aromatic heterocycles. The summed E-state index contributed by atoms with van der Waals surface area (Å²) in [7, 11) is 0. The van der Waals surface area contributed by atoms with Crippen molar-refractivity contribution < 1.29 is 4.74 Å². The fourth-order valence-electron chi connectivity index (χ4n) is 2.77. The highest BCUT2D eigenvalue weighted by Crippen LogP contribution is 2.35. The van der Waals surface area contributed by atoms with Crippen molar-refractivity contribution in [1.82, 2.24) is 5.43 Å².